The van der Waals surface area contributed by atoms with Crippen LogP contribution in [0.4, 0.5) is 0 Å². The molecule has 0 fully saturated rings. The minimum absolute atomic E-state index is 0.161. The molecule has 2 unspecified atom stereocenters. The fourth-order valence-electron chi connectivity index (χ4n) is 4.03. The van der Waals surface area contributed by atoms with Gasteiger partial charge >= 0.3 is 0 Å². The molecular weight excluding hydrogens is 403 g/mol. The molecule has 0 radical (unpaired) electrons. The minimum atomic E-state index is -1.03. The lowest BCUT2D eigenvalue weighted by Gasteiger charge is -2.38. The van der Waals surface area contributed by atoms with Gasteiger partial charge in [-0.1, -0.05) is 40.9 Å². The molecule has 0 bridgehead atoms. The summed E-state index contributed by atoms with van der Waals surface area (Å²) in [7, 11) is 0. The molecule has 27 heavy (non-hydrogen) atoms. The molecule has 0 spiro atoms. The van der Waals surface area contributed by atoms with Crippen LogP contribution in [0.3, 0.4) is 0 Å². The second-order valence-corrected chi connectivity index (χ2v) is 8.76. The highest BCUT2D eigenvalue weighted by Gasteiger charge is 2.33. The van der Waals surface area contributed by atoms with E-state index in [1.165, 1.54) is 16.6 Å². The highest BCUT2D eigenvalue weighted by molar-refractivity contribution is 6.42. The summed E-state index contributed by atoms with van der Waals surface area (Å²) in [5.41, 5.74) is 3.36. The number of aromatic nitrogens is 1. The Balaban J connectivity index is 1.62. The van der Waals surface area contributed by atoms with Gasteiger partial charge in [-0.2, -0.15) is 0 Å². The molecule has 142 valence electrons. The largest absolute Gasteiger partial charge is 0.384 e. The maximum atomic E-state index is 11.1. The molecule has 2 aromatic carbocycles. The van der Waals surface area contributed by atoms with Gasteiger partial charge < -0.3 is 10.1 Å². The molecule has 1 aliphatic heterocycles. The van der Waals surface area contributed by atoms with Crippen molar-refractivity contribution < 1.29 is 5.11 Å². The van der Waals surface area contributed by atoms with Crippen LogP contribution in [-0.2, 0) is 12.0 Å². The molecule has 0 saturated carbocycles. The first-order valence-corrected chi connectivity index (χ1v) is 10.1. The number of hydrogen-bond donors (Lipinski definition) is 2. The van der Waals surface area contributed by atoms with E-state index in [0.717, 1.165) is 29.1 Å². The number of rotatable bonds is 3. The van der Waals surface area contributed by atoms with Crippen LogP contribution in [0.1, 0.15) is 36.7 Å². The zero-order valence-corrected chi connectivity index (χ0v) is 17.5. The van der Waals surface area contributed by atoms with Gasteiger partial charge in [0.1, 0.15) is 0 Å². The van der Waals surface area contributed by atoms with Crippen molar-refractivity contribution in [3.8, 4) is 0 Å². The van der Waals surface area contributed by atoms with E-state index >= 15 is 0 Å². The van der Waals surface area contributed by atoms with Gasteiger partial charge in [0.15, 0.2) is 0 Å². The van der Waals surface area contributed by atoms with Crippen LogP contribution in [-0.4, -0.2) is 28.1 Å². The van der Waals surface area contributed by atoms with E-state index in [4.69, 9.17) is 34.8 Å². The number of halogens is 3. The van der Waals surface area contributed by atoms with Crippen LogP contribution < -0.4 is 0 Å². The number of β-amino-alcohol motifs (C(OH)–C–C–N with tert-alkyl or cyclic N) is 1. The average molecular weight is 424 g/mol. The Bertz CT molecular complexity index is 1010. The molecule has 2 heterocycles. The smallest absolute Gasteiger partial charge is 0.0995 e. The van der Waals surface area contributed by atoms with Crippen molar-refractivity contribution in [1.82, 2.24) is 9.88 Å². The van der Waals surface area contributed by atoms with E-state index in [2.05, 4.69) is 16.8 Å². The predicted molar refractivity (Wildman–Crippen MR) is 113 cm³/mol. The fourth-order valence-corrected chi connectivity index (χ4v) is 4.50. The summed E-state index contributed by atoms with van der Waals surface area (Å²) in [4.78, 5) is 5.84. The number of nitrogens with one attached hydrogen (secondary N) is 1. The molecule has 2 N–H and O–H groups in total. The van der Waals surface area contributed by atoms with Crippen LogP contribution in [0.15, 0.2) is 36.4 Å². The van der Waals surface area contributed by atoms with Crippen molar-refractivity contribution in [3.05, 3.63) is 68.3 Å². The number of nitrogens with zero attached hydrogens (tertiary/aromatic N) is 1. The number of aromatic amines is 1. The second-order valence-electron chi connectivity index (χ2n) is 7.51. The van der Waals surface area contributed by atoms with Gasteiger partial charge in [-0.3, -0.25) is 4.90 Å². The number of H-pyrrole nitrogens is 1. The summed E-state index contributed by atoms with van der Waals surface area (Å²) < 4.78 is 0. The molecule has 3 nitrogen and oxygen atoms in total. The van der Waals surface area contributed by atoms with Gasteiger partial charge in [0, 0.05) is 40.8 Å². The molecule has 4 rings (SSSR count). The van der Waals surface area contributed by atoms with Gasteiger partial charge in [0.05, 0.1) is 15.6 Å². The first-order chi connectivity index (χ1) is 12.8. The molecule has 3 aromatic rings. The van der Waals surface area contributed by atoms with Gasteiger partial charge in [-0.05, 0) is 61.7 Å². The lowest BCUT2D eigenvalue weighted by molar-refractivity contribution is 0.00114. The molecule has 1 aromatic heterocycles. The molecular formula is C21H21Cl3N2O. The van der Waals surface area contributed by atoms with Gasteiger partial charge in [0.2, 0.25) is 0 Å². The van der Waals surface area contributed by atoms with Gasteiger partial charge in [0.25, 0.3) is 0 Å². The number of hydrogen-bond acceptors (Lipinski definition) is 2. The quantitative estimate of drug-likeness (QED) is 0.546. The van der Waals surface area contributed by atoms with Crippen molar-refractivity contribution in [2.45, 2.75) is 31.9 Å². The molecule has 6 heteroatoms. The summed E-state index contributed by atoms with van der Waals surface area (Å²) in [6.45, 7) is 5.35. The summed E-state index contributed by atoms with van der Waals surface area (Å²) in [5.74, 6) is 0. The normalized spacial score (nSPS) is 19.9. The van der Waals surface area contributed by atoms with E-state index in [-0.39, 0.29) is 6.04 Å². The van der Waals surface area contributed by atoms with Crippen LogP contribution in [0.25, 0.3) is 10.9 Å². The first-order valence-electron chi connectivity index (χ1n) is 8.98. The molecule has 1 aliphatic rings. The lowest BCUT2D eigenvalue weighted by atomic mass is 9.92. The summed E-state index contributed by atoms with van der Waals surface area (Å²) in [6.07, 6.45) is 0.914. The zero-order valence-electron chi connectivity index (χ0n) is 15.2. The number of fused-ring (bicyclic) bond motifs is 3. The highest BCUT2D eigenvalue weighted by atomic mass is 35.5. The number of aliphatic hydroxyl groups is 1. The van der Waals surface area contributed by atoms with Crippen LogP contribution in [0.2, 0.25) is 15.1 Å². The molecule has 0 amide bonds. The Labute approximate surface area is 173 Å². The summed E-state index contributed by atoms with van der Waals surface area (Å²) >= 11 is 18.3. The molecule has 2 atom stereocenters. The average Bonchev–Trinajstić information content (AvgIpc) is 2.98. The van der Waals surface area contributed by atoms with E-state index < -0.39 is 5.60 Å². The Kier molecular flexibility index (Phi) is 4.94. The van der Waals surface area contributed by atoms with Crippen molar-refractivity contribution in [3.63, 3.8) is 0 Å². The molecule has 0 aliphatic carbocycles. The second kappa shape index (κ2) is 6.98. The Morgan fingerprint density at radius 2 is 1.93 bits per heavy atom. The van der Waals surface area contributed by atoms with Crippen molar-refractivity contribution in [1.29, 1.82) is 0 Å². The Morgan fingerprint density at radius 3 is 2.67 bits per heavy atom. The third kappa shape index (κ3) is 3.48. The topological polar surface area (TPSA) is 39.3 Å². The third-order valence-electron chi connectivity index (χ3n) is 5.57. The van der Waals surface area contributed by atoms with E-state index in [1.807, 2.05) is 31.2 Å². The number of benzene rings is 2. The van der Waals surface area contributed by atoms with Crippen LogP contribution >= 0.6 is 34.8 Å². The van der Waals surface area contributed by atoms with E-state index in [1.54, 1.807) is 12.1 Å². The standard InChI is InChI=1S/C21H21Cl3N2O/c1-12-20-15(16-10-14(22)4-6-19(16)25-20)7-8-26(12)11-21(2,27)13-3-5-17(23)18(24)9-13/h3-6,9-10,12,25,27H,7-8,11H2,1-2H3. The SMILES string of the molecule is CC1c2[nH]c3ccc(Cl)cc3c2CCN1CC(C)(O)c1ccc(Cl)c(Cl)c1. The van der Waals surface area contributed by atoms with E-state index in [9.17, 15) is 5.11 Å². The Morgan fingerprint density at radius 1 is 1.15 bits per heavy atom. The monoisotopic (exact) mass is 422 g/mol. The predicted octanol–water partition coefficient (Wildman–Crippen LogP) is 5.95. The lowest BCUT2D eigenvalue weighted by Crippen LogP contribution is -2.43. The van der Waals surface area contributed by atoms with Crippen molar-refractivity contribution >= 4 is 45.7 Å². The third-order valence-corrected chi connectivity index (χ3v) is 6.54. The maximum absolute atomic E-state index is 11.1. The molecule has 0 saturated heterocycles. The summed E-state index contributed by atoms with van der Waals surface area (Å²) in [6, 6.07) is 11.4. The summed E-state index contributed by atoms with van der Waals surface area (Å²) in [5, 5.41) is 14.0. The van der Waals surface area contributed by atoms with Gasteiger partial charge in [-0.25, -0.2) is 0 Å². The first kappa shape index (κ1) is 19.1. The highest BCUT2D eigenvalue weighted by Crippen LogP contribution is 2.37. The zero-order chi connectivity index (χ0) is 19.3. The van der Waals surface area contributed by atoms with Gasteiger partial charge in [-0.15, -0.1) is 0 Å². The van der Waals surface area contributed by atoms with E-state index in [0.29, 0.717) is 16.6 Å². The maximum Gasteiger partial charge on any atom is 0.0995 e. The van der Waals surface area contributed by atoms with Crippen molar-refractivity contribution in [2.24, 2.45) is 0 Å². The van der Waals surface area contributed by atoms with Crippen LogP contribution in [0.5, 0.6) is 0 Å². The Hall–Kier alpha value is -1.23. The van der Waals surface area contributed by atoms with Crippen LogP contribution in [0, 0.1) is 0 Å². The minimum Gasteiger partial charge on any atom is -0.384 e. The van der Waals surface area contributed by atoms with Crippen molar-refractivity contribution in [2.75, 3.05) is 13.1 Å². The fraction of sp³-hybridized carbons (Fsp3) is 0.333.